The third-order valence-electron chi connectivity index (χ3n) is 8.82. The first kappa shape index (κ1) is 30.8. The Hall–Kier alpha value is -2.15. The number of carbonyl (C=O) groups excluding carboxylic acids is 2. The van der Waals surface area contributed by atoms with Gasteiger partial charge in [-0.3, -0.25) is 19.5 Å². The van der Waals surface area contributed by atoms with E-state index in [1.54, 1.807) is 20.1 Å². The molecule has 10 nitrogen and oxygen atoms in total. The van der Waals surface area contributed by atoms with Crippen LogP contribution in [0.5, 0.6) is 0 Å². The second kappa shape index (κ2) is 13.7. The Bertz CT molecular complexity index is 937. The molecule has 0 aromatic heterocycles. The number of ether oxygens (including phenoxy) is 1. The minimum absolute atomic E-state index is 0.0739. The van der Waals surface area contributed by atoms with Crippen molar-refractivity contribution in [2.24, 2.45) is 28.5 Å². The highest BCUT2D eigenvalue weighted by molar-refractivity contribution is 5.81. The summed E-state index contributed by atoms with van der Waals surface area (Å²) >= 11 is 0. The average Bonchev–Trinajstić information content (AvgIpc) is 2.89. The number of amides is 2. The van der Waals surface area contributed by atoms with E-state index in [-0.39, 0.29) is 42.7 Å². The third kappa shape index (κ3) is 7.18. The highest BCUT2D eigenvalue weighted by Gasteiger charge is 2.43. The van der Waals surface area contributed by atoms with E-state index in [1.165, 1.54) is 6.21 Å². The predicted octanol–water partition coefficient (Wildman–Crippen LogP) is 0.582. The number of piperidine rings is 2. The Labute approximate surface area is 236 Å². The first-order valence-corrected chi connectivity index (χ1v) is 14.7. The molecule has 7 atom stereocenters. The summed E-state index contributed by atoms with van der Waals surface area (Å²) < 4.78 is 35.1. The summed E-state index contributed by atoms with van der Waals surface area (Å²) in [5.74, 6) is -0.983. The van der Waals surface area contributed by atoms with E-state index in [9.17, 15) is 14.0 Å². The molecule has 0 aromatic rings. The fourth-order valence-electron chi connectivity index (χ4n) is 6.29. The lowest BCUT2D eigenvalue weighted by atomic mass is 9.89. The topological polar surface area (TPSA) is 124 Å². The smallest absolute Gasteiger partial charge is 0.229 e. The summed E-state index contributed by atoms with van der Waals surface area (Å²) in [6.07, 6.45) is 1.44. The number of alkyl halides is 2. The molecule has 0 aliphatic carbocycles. The number of nitrogens with two attached hydrogens (primary N) is 1. The van der Waals surface area contributed by atoms with Gasteiger partial charge in [0.15, 0.2) is 0 Å². The molecular weight excluding hydrogens is 520 g/mol. The normalized spacial score (nSPS) is 37.1. The molecular formula is C28H47F2N7O3. The van der Waals surface area contributed by atoms with Crippen LogP contribution >= 0.6 is 0 Å². The minimum atomic E-state index is -1.26. The van der Waals surface area contributed by atoms with Crippen molar-refractivity contribution in [3.8, 4) is 0 Å². The summed E-state index contributed by atoms with van der Waals surface area (Å²) in [4.78, 5) is 34.8. The van der Waals surface area contributed by atoms with Gasteiger partial charge in [0.05, 0.1) is 36.3 Å². The van der Waals surface area contributed by atoms with Crippen molar-refractivity contribution in [3.63, 3.8) is 0 Å². The largest absolute Gasteiger partial charge is 0.378 e. The van der Waals surface area contributed by atoms with Crippen LogP contribution in [0.25, 0.3) is 0 Å². The standard InChI is InChI=1S/C28H47F2N7O3/c1-16(2)22-6-5-19(29)11-33-17(3)24(26(31)34-22)27(38)35-23-13-32-12-21(30)25(23)36-9-7-18(8-10-36)28(39)37-14-20(15-37)40-4/h6,11,16-21,23-26,32,34H,5,7-10,12-15,31H2,1-4H3,(H,35,38)/b22-6-,33-11-. The van der Waals surface area contributed by atoms with Crippen LogP contribution in [0.1, 0.15) is 40.0 Å². The van der Waals surface area contributed by atoms with E-state index in [4.69, 9.17) is 10.5 Å². The third-order valence-corrected chi connectivity index (χ3v) is 8.82. The zero-order valence-electron chi connectivity index (χ0n) is 24.2. The maximum absolute atomic E-state index is 15.4. The first-order chi connectivity index (χ1) is 19.1. The molecule has 4 rings (SSSR count). The van der Waals surface area contributed by atoms with E-state index in [0.29, 0.717) is 45.6 Å². The number of carbonyl (C=O) groups is 2. The van der Waals surface area contributed by atoms with Crippen LogP contribution in [0.15, 0.2) is 16.8 Å². The van der Waals surface area contributed by atoms with Gasteiger partial charge in [0.2, 0.25) is 11.8 Å². The minimum Gasteiger partial charge on any atom is -0.378 e. The zero-order valence-corrected chi connectivity index (χ0v) is 24.2. The van der Waals surface area contributed by atoms with Crippen LogP contribution in [0.4, 0.5) is 8.78 Å². The molecule has 12 heteroatoms. The van der Waals surface area contributed by atoms with Gasteiger partial charge in [0, 0.05) is 57.5 Å². The number of halogens is 2. The van der Waals surface area contributed by atoms with Crippen LogP contribution in [0, 0.1) is 17.8 Å². The molecule has 0 saturated carbocycles. The Morgan fingerprint density at radius 3 is 2.55 bits per heavy atom. The molecule has 0 bridgehead atoms. The summed E-state index contributed by atoms with van der Waals surface area (Å²) in [7, 11) is 1.66. The summed E-state index contributed by atoms with van der Waals surface area (Å²) in [5.41, 5.74) is 7.29. The highest BCUT2D eigenvalue weighted by Crippen LogP contribution is 2.27. The van der Waals surface area contributed by atoms with Crippen molar-refractivity contribution >= 4 is 18.0 Å². The second-order valence-corrected chi connectivity index (χ2v) is 12.0. The van der Waals surface area contributed by atoms with Gasteiger partial charge in [-0.15, -0.1) is 0 Å². The number of nitrogens with one attached hydrogen (secondary N) is 3. The number of methoxy groups -OCH3 is 1. The SMILES string of the molecule is COC1CN(C(=O)C2CCN(C3C(F)CNCC3NC(=O)C3C(C)/N=C\C(F)C/C=C(/C(C)C)NC3N)CC2)C1. The van der Waals surface area contributed by atoms with Gasteiger partial charge in [0.1, 0.15) is 12.3 Å². The number of aliphatic imine (C=N–C) groups is 1. The van der Waals surface area contributed by atoms with Gasteiger partial charge in [-0.2, -0.15) is 0 Å². The van der Waals surface area contributed by atoms with Gasteiger partial charge in [-0.25, -0.2) is 8.78 Å². The van der Waals surface area contributed by atoms with Crippen LogP contribution in [-0.2, 0) is 14.3 Å². The maximum Gasteiger partial charge on any atom is 0.229 e. The van der Waals surface area contributed by atoms with Gasteiger partial charge in [-0.05, 0) is 38.8 Å². The number of hydrogen-bond acceptors (Lipinski definition) is 8. The molecule has 4 heterocycles. The van der Waals surface area contributed by atoms with Gasteiger partial charge in [0.25, 0.3) is 0 Å². The highest BCUT2D eigenvalue weighted by atomic mass is 19.1. The lowest BCUT2D eigenvalue weighted by Gasteiger charge is -2.46. The number of nitrogens with zero attached hydrogens (tertiary/aromatic N) is 3. The van der Waals surface area contributed by atoms with Crippen molar-refractivity contribution in [3.05, 3.63) is 11.8 Å². The molecule has 7 unspecified atom stereocenters. The lowest BCUT2D eigenvalue weighted by molar-refractivity contribution is -0.149. The first-order valence-electron chi connectivity index (χ1n) is 14.7. The Morgan fingerprint density at radius 1 is 1.20 bits per heavy atom. The molecule has 0 aromatic carbocycles. The second-order valence-electron chi connectivity index (χ2n) is 12.0. The van der Waals surface area contributed by atoms with E-state index in [0.717, 1.165) is 5.70 Å². The fraction of sp³-hybridized carbons (Fsp3) is 0.821. The van der Waals surface area contributed by atoms with Crippen molar-refractivity contribution in [2.75, 3.05) is 46.4 Å². The van der Waals surface area contributed by atoms with Crippen molar-refractivity contribution < 1.29 is 23.1 Å². The molecule has 4 aliphatic rings. The number of hydrogen-bond donors (Lipinski definition) is 4. The number of allylic oxidation sites excluding steroid dienone is 2. The van der Waals surface area contributed by atoms with E-state index >= 15 is 4.39 Å². The van der Waals surface area contributed by atoms with E-state index in [2.05, 4.69) is 25.8 Å². The number of rotatable bonds is 6. The Kier molecular flexibility index (Phi) is 10.5. The van der Waals surface area contributed by atoms with Crippen molar-refractivity contribution in [2.45, 2.75) is 82.8 Å². The Balaban J connectivity index is 1.42. The van der Waals surface area contributed by atoms with Gasteiger partial charge < -0.3 is 31.3 Å². The molecule has 0 spiro atoms. The lowest BCUT2D eigenvalue weighted by Crippen LogP contribution is -2.67. The van der Waals surface area contributed by atoms with Gasteiger partial charge >= 0.3 is 0 Å². The average molecular weight is 568 g/mol. The van der Waals surface area contributed by atoms with Crippen LogP contribution in [0.3, 0.4) is 0 Å². The number of likely N-dealkylation sites (tertiary alicyclic amines) is 2. The van der Waals surface area contributed by atoms with E-state index in [1.807, 2.05) is 18.7 Å². The molecule has 2 amide bonds. The fourth-order valence-corrected chi connectivity index (χ4v) is 6.29. The summed E-state index contributed by atoms with van der Waals surface area (Å²) in [6, 6.07) is -1.59. The quantitative estimate of drug-likeness (QED) is 0.370. The zero-order chi connectivity index (χ0) is 29.0. The maximum atomic E-state index is 15.4. The Morgan fingerprint density at radius 2 is 1.90 bits per heavy atom. The summed E-state index contributed by atoms with van der Waals surface area (Å²) in [6.45, 7) is 8.76. The monoisotopic (exact) mass is 567 g/mol. The molecule has 5 N–H and O–H groups in total. The van der Waals surface area contributed by atoms with Crippen molar-refractivity contribution in [1.82, 2.24) is 25.8 Å². The van der Waals surface area contributed by atoms with E-state index < -0.39 is 42.6 Å². The molecule has 4 aliphatic heterocycles. The summed E-state index contributed by atoms with van der Waals surface area (Å²) in [5, 5.41) is 9.39. The molecule has 40 heavy (non-hydrogen) atoms. The molecule has 3 fully saturated rings. The predicted molar refractivity (Wildman–Crippen MR) is 150 cm³/mol. The molecule has 3 saturated heterocycles. The van der Waals surface area contributed by atoms with Crippen LogP contribution in [-0.4, -0.2) is 117 Å². The molecule has 226 valence electrons. The van der Waals surface area contributed by atoms with Gasteiger partial charge in [-0.1, -0.05) is 19.9 Å². The van der Waals surface area contributed by atoms with Crippen molar-refractivity contribution in [1.29, 1.82) is 0 Å². The molecule has 0 radical (unpaired) electrons. The van der Waals surface area contributed by atoms with Crippen LogP contribution in [0.2, 0.25) is 0 Å². The van der Waals surface area contributed by atoms with Crippen LogP contribution < -0.4 is 21.7 Å².